The molecule has 28 nitrogen and oxygen atoms in total. The standard InChI is InChI=1S/2C18H21N7O.C17H18N6.C14H14N6/c19-17-22-18(23-25(17)16-6-1-2-7-20-16)21-15-5-3-4-14(12-15)13-24-8-10-26-11-9-24;19-17-22-18(23-25(17)16-3-1-2-8-20-16)21-15-6-4-14(5-7-15)13-24-9-11-26-12-10-24;18-16-21-17(22-23(16)15-10-3-4-11-19-15)20-14-9-5-7-12-6-1-2-8-13(12)14;1-10-6-2-3-7-11(10)17-14-18-13(15)20(19-14)12-8-4-5-9-16-12/h1-7,12H,8-11,13H2,(H3,19,21,22,23);1-8H,9-13H2,(H3,19,21,22,23);3-5,7,9-11H,1-2,6,8H2,(H3,18,20,21,22);2-9H,1H3,(H3,15,17,18,19). The molecule has 0 unspecified atom stereocenters. The van der Waals surface area contributed by atoms with E-state index in [0.717, 1.165) is 107 Å². The third-order valence-corrected chi connectivity index (χ3v) is 15.4. The fraction of sp³-hybridized carbons (Fsp3) is 0.224. The number of para-hydroxylation sites is 1. The molecule has 484 valence electrons. The smallest absolute Gasteiger partial charge is 0.248 e. The van der Waals surface area contributed by atoms with E-state index in [4.69, 9.17) is 32.4 Å². The van der Waals surface area contributed by atoms with E-state index in [-0.39, 0.29) is 11.9 Å². The van der Waals surface area contributed by atoms with Crippen molar-refractivity contribution >= 4 is 70.3 Å². The Kier molecular flexibility index (Phi) is 20.7. The second-order valence-electron chi connectivity index (χ2n) is 22.2. The number of pyridine rings is 4. The number of aromatic nitrogens is 16. The van der Waals surface area contributed by atoms with Crippen molar-refractivity contribution in [3.63, 3.8) is 0 Å². The molecule has 12 N–H and O–H groups in total. The average Bonchev–Trinajstić information content (AvgIpc) is 1.93. The lowest BCUT2D eigenvalue weighted by Gasteiger charge is -2.26. The zero-order chi connectivity index (χ0) is 65.1. The van der Waals surface area contributed by atoms with E-state index in [0.29, 0.717) is 59.0 Å². The molecule has 2 fully saturated rings. The van der Waals surface area contributed by atoms with Gasteiger partial charge in [0.1, 0.15) is 0 Å². The van der Waals surface area contributed by atoms with E-state index < -0.39 is 0 Å². The minimum atomic E-state index is 0.287. The second-order valence-corrected chi connectivity index (χ2v) is 22.2. The summed E-state index contributed by atoms with van der Waals surface area (Å²) >= 11 is 0. The van der Waals surface area contributed by atoms with Crippen LogP contribution in [0.15, 0.2) is 189 Å². The van der Waals surface area contributed by atoms with Gasteiger partial charge in [-0.3, -0.25) is 9.80 Å². The van der Waals surface area contributed by atoms with Crippen LogP contribution in [-0.2, 0) is 35.4 Å². The molecule has 3 aliphatic rings. The number of hydrogen-bond donors (Lipinski definition) is 8. The molecule has 0 radical (unpaired) electrons. The van der Waals surface area contributed by atoms with Crippen LogP contribution < -0.4 is 44.2 Å². The van der Waals surface area contributed by atoms with Crippen LogP contribution in [0.5, 0.6) is 0 Å². The summed E-state index contributed by atoms with van der Waals surface area (Å²) in [4.78, 5) is 38.8. The van der Waals surface area contributed by atoms with Gasteiger partial charge in [0.05, 0.1) is 26.4 Å². The molecule has 4 aromatic carbocycles. The van der Waals surface area contributed by atoms with Crippen molar-refractivity contribution in [3.05, 3.63) is 216 Å². The predicted octanol–water partition coefficient (Wildman–Crippen LogP) is 8.80. The van der Waals surface area contributed by atoms with Crippen LogP contribution in [-0.4, -0.2) is 141 Å². The number of hydrogen-bond acceptors (Lipinski definition) is 24. The van der Waals surface area contributed by atoms with Gasteiger partial charge in [-0.1, -0.05) is 78.9 Å². The van der Waals surface area contributed by atoms with Crippen molar-refractivity contribution in [1.29, 1.82) is 0 Å². The Bertz CT molecular complexity index is 4360. The van der Waals surface area contributed by atoms with Gasteiger partial charge in [0.2, 0.25) is 47.6 Å². The molecule has 12 aromatic rings. The molecule has 0 atom stereocenters. The number of anilines is 12. The molecule has 10 heterocycles. The van der Waals surface area contributed by atoms with Crippen LogP contribution in [0.4, 0.5) is 70.3 Å². The van der Waals surface area contributed by atoms with Crippen LogP contribution in [0, 0.1) is 6.92 Å². The molecule has 28 heteroatoms. The van der Waals surface area contributed by atoms with Gasteiger partial charge in [0, 0.05) is 86.8 Å². The van der Waals surface area contributed by atoms with Gasteiger partial charge < -0.3 is 53.7 Å². The highest BCUT2D eigenvalue weighted by Crippen LogP contribution is 2.30. The van der Waals surface area contributed by atoms with Crippen LogP contribution in [0.25, 0.3) is 23.3 Å². The van der Waals surface area contributed by atoms with E-state index in [2.05, 4.69) is 134 Å². The quantitative estimate of drug-likeness (QED) is 0.0448. The Balaban J connectivity index is 0.000000122. The van der Waals surface area contributed by atoms with E-state index in [9.17, 15) is 0 Å². The maximum absolute atomic E-state index is 5.97. The monoisotopic (exact) mass is 1270 g/mol. The minimum absolute atomic E-state index is 0.287. The fourth-order valence-electron chi connectivity index (χ4n) is 10.7. The first-order valence-electron chi connectivity index (χ1n) is 31.2. The Morgan fingerprint density at radius 2 is 0.800 bits per heavy atom. The highest BCUT2D eigenvalue weighted by Gasteiger charge is 2.19. The van der Waals surface area contributed by atoms with Crippen LogP contribution >= 0.6 is 0 Å². The number of rotatable bonds is 16. The number of benzene rings is 4. The lowest BCUT2D eigenvalue weighted by atomic mass is 9.90. The van der Waals surface area contributed by atoms with E-state index >= 15 is 0 Å². The summed E-state index contributed by atoms with van der Waals surface area (Å²) in [7, 11) is 0. The van der Waals surface area contributed by atoms with Crippen molar-refractivity contribution in [2.75, 3.05) is 96.8 Å². The first kappa shape index (κ1) is 63.4. The van der Waals surface area contributed by atoms with Gasteiger partial charge in [-0.25, -0.2) is 19.9 Å². The van der Waals surface area contributed by atoms with Gasteiger partial charge in [0.15, 0.2) is 23.3 Å². The number of fused-ring (bicyclic) bond motifs is 1. The molecule has 15 rings (SSSR count). The topological polar surface area (TPSA) is 352 Å². The van der Waals surface area contributed by atoms with Crippen molar-refractivity contribution in [2.24, 2.45) is 0 Å². The molecular weight excluding hydrogens is 1200 g/mol. The molecule has 1 aliphatic carbocycles. The predicted molar refractivity (Wildman–Crippen MR) is 367 cm³/mol. The zero-order valence-corrected chi connectivity index (χ0v) is 52.5. The number of aryl methyl sites for hydroxylation is 2. The number of nitrogens with zero attached hydrogens (tertiary/aromatic N) is 18. The molecule has 8 aromatic heterocycles. The second kappa shape index (κ2) is 31.1. The third-order valence-electron chi connectivity index (χ3n) is 15.4. The number of nitrogen functional groups attached to an aromatic ring is 4. The first-order chi connectivity index (χ1) is 46.6. The van der Waals surface area contributed by atoms with E-state index in [1.54, 1.807) is 24.8 Å². The van der Waals surface area contributed by atoms with Crippen LogP contribution in [0.1, 0.15) is 40.7 Å². The molecular formula is C67H74N26O2. The summed E-state index contributed by atoms with van der Waals surface area (Å²) in [5.74, 6) is 5.55. The summed E-state index contributed by atoms with van der Waals surface area (Å²) in [6.45, 7) is 11.0. The average molecular weight is 1280 g/mol. The summed E-state index contributed by atoms with van der Waals surface area (Å²) in [6.07, 6.45) is 11.5. The van der Waals surface area contributed by atoms with Gasteiger partial charge in [-0.2, -0.15) is 38.7 Å². The molecule has 2 aliphatic heterocycles. The number of morpholine rings is 2. The SMILES string of the molecule is Cc1ccccc1Nc1nc(N)n(-c2ccccn2)n1.Nc1nc(Nc2ccc(CN3CCOCC3)cc2)nn1-c1ccccn1.Nc1nc(Nc2cccc(CN3CCOCC3)c2)nn1-c1ccccn1.Nc1nc(Nc2cccc3c2CCCC3)nn1-c1ccccn1. The maximum atomic E-state index is 5.97. The normalized spacial score (nSPS) is 13.7. The lowest BCUT2D eigenvalue weighted by Crippen LogP contribution is -2.35. The summed E-state index contributed by atoms with van der Waals surface area (Å²) in [6, 6.07) is 53.0. The number of ether oxygens (including phenoxy) is 2. The molecule has 0 amide bonds. The summed E-state index contributed by atoms with van der Waals surface area (Å²) in [5.41, 5.74) is 34.0. The van der Waals surface area contributed by atoms with Crippen molar-refractivity contribution in [1.82, 2.24) is 88.8 Å². The molecule has 0 spiro atoms. The number of nitrogens with two attached hydrogens (primary N) is 4. The van der Waals surface area contributed by atoms with Crippen LogP contribution in [0.2, 0.25) is 0 Å². The third kappa shape index (κ3) is 17.1. The van der Waals surface area contributed by atoms with Crippen molar-refractivity contribution in [2.45, 2.75) is 45.7 Å². The van der Waals surface area contributed by atoms with Gasteiger partial charge in [0.25, 0.3) is 0 Å². The lowest BCUT2D eigenvalue weighted by molar-refractivity contribution is 0.0341. The van der Waals surface area contributed by atoms with Gasteiger partial charge in [-0.15, -0.1) is 20.4 Å². The Morgan fingerprint density at radius 3 is 1.27 bits per heavy atom. The fourth-order valence-corrected chi connectivity index (χ4v) is 10.7. The van der Waals surface area contributed by atoms with E-state index in [1.165, 1.54) is 53.8 Å². The molecule has 0 saturated carbocycles. The summed E-state index contributed by atoms with van der Waals surface area (Å²) < 4.78 is 16.8. The zero-order valence-electron chi connectivity index (χ0n) is 52.5. The minimum Gasteiger partial charge on any atom is -0.379 e. The molecule has 0 bridgehead atoms. The van der Waals surface area contributed by atoms with Crippen LogP contribution in [0.3, 0.4) is 0 Å². The Hall–Kier alpha value is -11.7. The Morgan fingerprint density at radius 1 is 0.389 bits per heavy atom. The van der Waals surface area contributed by atoms with Crippen molar-refractivity contribution < 1.29 is 9.47 Å². The first-order valence-corrected chi connectivity index (χ1v) is 31.2. The van der Waals surface area contributed by atoms with E-state index in [1.807, 2.05) is 128 Å². The van der Waals surface area contributed by atoms with Crippen molar-refractivity contribution in [3.8, 4) is 23.3 Å². The summed E-state index contributed by atoms with van der Waals surface area (Å²) in [5, 5.41) is 30.4. The Labute approximate surface area is 548 Å². The van der Waals surface area contributed by atoms with Gasteiger partial charge >= 0.3 is 0 Å². The molecule has 95 heavy (non-hydrogen) atoms. The number of nitrogens with one attached hydrogen (secondary N) is 4. The maximum Gasteiger partial charge on any atom is 0.248 e. The highest BCUT2D eigenvalue weighted by atomic mass is 16.5. The highest BCUT2D eigenvalue weighted by molar-refractivity contribution is 5.63. The van der Waals surface area contributed by atoms with Gasteiger partial charge in [-0.05, 0) is 145 Å². The molecule has 2 saturated heterocycles. The largest absolute Gasteiger partial charge is 0.379 e.